The molecule has 3 nitrogen and oxygen atoms in total. The van der Waals surface area contributed by atoms with E-state index in [1.165, 1.54) is 0 Å². The van der Waals surface area contributed by atoms with E-state index in [2.05, 4.69) is 38.9 Å². The monoisotopic (exact) mass is 305 g/mol. The zero-order chi connectivity index (χ0) is 13.0. The summed E-state index contributed by atoms with van der Waals surface area (Å²) in [4.78, 5) is 8.88. The summed E-state index contributed by atoms with van der Waals surface area (Å²) in [6, 6.07) is 10.0. The summed E-state index contributed by atoms with van der Waals surface area (Å²) in [5, 5.41) is 0. The van der Waals surface area contributed by atoms with Gasteiger partial charge in [-0.2, -0.15) is 0 Å². The predicted molar refractivity (Wildman–Crippen MR) is 77.1 cm³/mol. The van der Waals surface area contributed by atoms with Gasteiger partial charge in [0.1, 0.15) is 5.82 Å². The quantitative estimate of drug-likeness (QED) is 0.944. The van der Waals surface area contributed by atoms with Crippen molar-refractivity contribution in [3.63, 3.8) is 0 Å². The van der Waals surface area contributed by atoms with Gasteiger partial charge in [-0.3, -0.25) is 0 Å². The summed E-state index contributed by atoms with van der Waals surface area (Å²) in [6.45, 7) is 2.76. The van der Waals surface area contributed by atoms with E-state index in [-0.39, 0.29) is 0 Å². The lowest BCUT2D eigenvalue weighted by atomic mass is 10.1. The molecule has 0 saturated heterocycles. The van der Waals surface area contributed by atoms with Crippen LogP contribution in [0.4, 0.5) is 0 Å². The summed E-state index contributed by atoms with van der Waals surface area (Å²) in [7, 11) is 0. The third kappa shape index (κ3) is 3.37. The molecule has 2 rings (SSSR count). The van der Waals surface area contributed by atoms with Crippen LogP contribution in [-0.2, 0) is 6.42 Å². The van der Waals surface area contributed by atoms with Gasteiger partial charge in [0.15, 0.2) is 0 Å². The van der Waals surface area contributed by atoms with E-state index < -0.39 is 0 Å². The maximum atomic E-state index is 5.63. The maximum absolute atomic E-state index is 5.63. The van der Waals surface area contributed by atoms with Crippen molar-refractivity contribution in [3.05, 3.63) is 46.8 Å². The van der Waals surface area contributed by atoms with Gasteiger partial charge in [-0.05, 0) is 30.7 Å². The Balaban J connectivity index is 2.27. The molecule has 1 aromatic heterocycles. The summed E-state index contributed by atoms with van der Waals surface area (Å²) in [5.74, 6) is 1.26. The van der Waals surface area contributed by atoms with E-state index in [0.717, 1.165) is 28.0 Å². The van der Waals surface area contributed by atoms with Crippen LogP contribution in [-0.4, -0.2) is 16.5 Å². The number of benzene rings is 1. The van der Waals surface area contributed by atoms with Crippen LogP contribution in [0.2, 0.25) is 0 Å². The molecule has 1 unspecified atom stereocenters. The Hall–Kier alpha value is -1.26. The molecular weight excluding hydrogens is 290 g/mol. The van der Waals surface area contributed by atoms with Gasteiger partial charge in [0.25, 0.3) is 0 Å². The standard InChI is InChI=1S/C14H16BrN3/c1-10(9-16)7-14-17-6-5-13(18-14)11-3-2-4-12(15)8-11/h2-6,8,10H,7,9,16H2,1H3. The molecular formula is C14H16BrN3. The molecule has 0 fully saturated rings. The molecule has 0 amide bonds. The van der Waals surface area contributed by atoms with Crippen molar-refractivity contribution in [1.82, 2.24) is 9.97 Å². The first-order valence-corrected chi connectivity index (χ1v) is 6.76. The van der Waals surface area contributed by atoms with Gasteiger partial charge in [0, 0.05) is 22.7 Å². The number of halogens is 1. The van der Waals surface area contributed by atoms with Gasteiger partial charge >= 0.3 is 0 Å². The first-order chi connectivity index (χ1) is 8.69. The van der Waals surface area contributed by atoms with E-state index in [1.54, 1.807) is 0 Å². The molecule has 0 aliphatic rings. The normalized spacial score (nSPS) is 12.4. The Morgan fingerprint density at radius 2 is 2.17 bits per heavy atom. The van der Waals surface area contributed by atoms with E-state index in [9.17, 15) is 0 Å². The molecule has 1 aromatic carbocycles. The van der Waals surface area contributed by atoms with Crippen LogP contribution in [0, 0.1) is 5.92 Å². The molecule has 0 saturated carbocycles. The Kier molecular flexibility index (Phi) is 4.44. The second kappa shape index (κ2) is 6.07. The smallest absolute Gasteiger partial charge is 0.129 e. The highest BCUT2D eigenvalue weighted by molar-refractivity contribution is 9.10. The predicted octanol–water partition coefficient (Wildman–Crippen LogP) is 3.04. The third-order valence-electron chi connectivity index (χ3n) is 2.76. The van der Waals surface area contributed by atoms with Gasteiger partial charge in [-0.1, -0.05) is 35.0 Å². The van der Waals surface area contributed by atoms with Crippen molar-refractivity contribution in [1.29, 1.82) is 0 Å². The highest BCUT2D eigenvalue weighted by Gasteiger charge is 2.06. The summed E-state index contributed by atoms with van der Waals surface area (Å²) in [5.41, 5.74) is 7.67. The minimum Gasteiger partial charge on any atom is -0.330 e. The second-order valence-corrected chi connectivity index (χ2v) is 5.33. The molecule has 4 heteroatoms. The minimum absolute atomic E-state index is 0.405. The minimum atomic E-state index is 0.405. The zero-order valence-electron chi connectivity index (χ0n) is 10.3. The van der Waals surface area contributed by atoms with Crippen LogP contribution in [0.3, 0.4) is 0 Å². The molecule has 2 aromatic rings. The highest BCUT2D eigenvalue weighted by Crippen LogP contribution is 2.21. The Labute approximate surface area is 116 Å². The number of nitrogens with two attached hydrogens (primary N) is 1. The summed E-state index contributed by atoms with van der Waals surface area (Å²) in [6.07, 6.45) is 2.63. The van der Waals surface area contributed by atoms with Crippen LogP contribution in [0.1, 0.15) is 12.7 Å². The Morgan fingerprint density at radius 3 is 2.89 bits per heavy atom. The molecule has 0 radical (unpaired) electrons. The molecule has 0 spiro atoms. The molecule has 18 heavy (non-hydrogen) atoms. The molecule has 0 aliphatic heterocycles. The van der Waals surface area contributed by atoms with Crippen molar-refractivity contribution < 1.29 is 0 Å². The second-order valence-electron chi connectivity index (χ2n) is 4.41. The zero-order valence-corrected chi connectivity index (χ0v) is 11.9. The largest absolute Gasteiger partial charge is 0.330 e. The molecule has 2 N–H and O–H groups in total. The lowest BCUT2D eigenvalue weighted by Crippen LogP contribution is -2.14. The molecule has 94 valence electrons. The van der Waals surface area contributed by atoms with Crippen molar-refractivity contribution >= 4 is 15.9 Å². The van der Waals surface area contributed by atoms with Gasteiger partial charge in [-0.25, -0.2) is 9.97 Å². The topological polar surface area (TPSA) is 51.8 Å². The van der Waals surface area contributed by atoms with Gasteiger partial charge in [-0.15, -0.1) is 0 Å². The fraction of sp³-hybridized carbons (Fsp3) is 0.286. The molecule has 0 aliphatic carbocycles. The lowest BCUT2D eigenvalue weighted by molar-refractivity contribution is 0.574. The van der Waals surface area contributed by atoms with Crippen LogP contribution < -0.4 is 5.73 Å². The van der Waals surface area contributed by atoms with Crippen LogP contribution >= 0.6 is 15.9 Å². The fourth-order valence-electron chi connectivity index (χ4n) is 1.70. The SMILES string of the molecule is CC(CN)Cc1nccc(-c2cccc(Br)c2)n1. The highest BCUT2D eigenvalue weighted by atomic mass is 79.9. The van der Waals surface area contributed by atoms with Crippen LogP contribution in [0.15, 0.2) is 41.0 Å². The number of hydrogen-bond donors (Lipinski definition) is 1. The lowest BCUT2D eigenvalue weighted by Gasteiger charge is -2.08. The van der Waals surface area contributed by atoms with Gasteiger partial charge < -0.3 is 5.73 Å². The average molecular weight is 306 g/mol. The van der Waals surface area contributed by atoms with Crippen molar-refractivity contribution in [2.24, 2.45) is 11.7 Å². The maximum Gasteiger partial charge on any atom is 0.129 e. The van der Waals surface area contributed by atoms with Crippen molar-refractivity contribution in [2.45, 2.75) is 13.3 Å². The van der Waals surface area contributed by atoms with Gasteiger partial charge in [0.05, 0.1) is 5.69 Å². The van der Waals surface area contributed by atoms with Gasteiger partial charge in [0.2, 0.25) is 0 Å². The van der Waals surface area contributed by atoms with Crippen molar-refractivity contribution in [3.8, 4) is 11.3 Å². The number of hydrogen-bond acceptors (Lipinski definition) is 3. The third-order valence-corrected chi connectivity index (χ3v) is 3.25. The average Bonchev–Trinajstić information content (AvgIpc) is 2.39. The Bertz CT molecular complexity index is 528. The number of aromatic nitrogens is 2. The molecule has 0 bridgehead atoms. The van der Waals surface area contributed by atoms with E-state index in [4.69, 9.17) is 5.73 Å². The number of nitrogens with zero attached hydrogens (tertiary/aromatic N) is 2. The number of rotatable bonds is 4. The van der Waals surface area contributed by atoms with Crippen LogP contribution in [0.25, 0.3) is 11.3 Å². The fourth-order valence-corrected chi connectivity index (χ4v) is 2.10. The Morgan fingerprint density at radius 1 is 1.33 bits per heavy atom. The first kappa shape index (κ1) is 13.2. The van der Waals surface area contributed by atoms with E-state index in [1.807, 2.05) is 30.5 Å². The van der Waals surface area contributed by atoms with Crippen LogP contribution in [0.5, 0.6) is 0 Å². The first-order valence-electron chi connectivity index (χ1n) is 5.97. The summed E-state index contributed by atoms with van der Waals surface area (Å²) < 4.78 is 1.05. The molecule has 1 atom stereocenters. The van der Waals surface area contributed by atoms with Crippen molar-refractivity contribution in [2.75, 3.05) is 6.54 Å². The summed E-state index contributed by atoms with van der Waals surface area (Å²) >= 11 is 3.47. The van der Waals surface area contributed by atoms with E-state index >= 15 is 0 Å². The van der Waals surface area contributed by atoms with E-state index in [0.29, 0.717) is 12.5 Å². The molecule has 1 heterocycles.